The number of nitro benzene ring substituents is 1. The number of nitrogens with one attached hydrogen (secondary N) is 2. The molecule has 5 rings (SSSR count). The Kier molecular flexibility index (Phi) is 7.43. The zero-order chi connectivity index (χ0) is 27.4. The molecular formula is C27H27FN8O3. The number of hydrogen-bond acceptors (Lipinski definition) is 10. The van der Waals surface area contributed by atoms with Crippen LogP contribution in [0.5, 0.6) is 0 Å². The van der Waals surface area contributed by atoms with Gasteiger partial charge < -0.3 is 14.6 Å². The van der Waals surface area contributed by atoms with Crippen molar-refractivity contribution < 1.29 is 13.7 Å². The highest BCUT2D eigenvalue weighted by molar-refractivity contribution is 5.78. The molecule has 2 N–H and O–H groups in total. The summed E-state index contributed by atoms with van der Waals surface area (Å²) >= 11 is 0. The van der Waals surface area contributed by atoms with Gasteiger partial charge in [0.05, 0.1) is 11.1 Å². The lowest BCUT2D eigenvalue weighted by Gasteiger charge is -2.26. The number of nitrogens with zero attached hydrogens (tertiary/aromatic N) is 6. The van der Waals surface area contributed by atoms with E-state index in [9.17, 15) is 14.5 Å². The Morgan fingerprint density at radius 3 is 2.46 bits per heavy atom. The van der Waals surface area contributed by atoms with Crippen LogP contribution in [-0.4, -0.2) is 39.2 Å². The Bertz CT molecular complexity index is 1510. The maximum absolute atomic E-state index is 13.3. The molecule has 0 atom stereocenters. The van der Waals surface area contributed by atoms with Crippen molar-refractivity contribution in [2.24, 2.45) is 5.10 Å². The molecule has 0 amide bonds. The minimum Gasteiger partial charge on any atom is -0.455 e. The summed E-state index contributed by atoms with van der Waals surface area (Å²) in [5.74, 6) is 1.78. The van der Waals surface area contributed by atoms with E-state index in [1.165, 1.54) is 30.8 Å². The average molecular weight is 531 g/mol. The largest absolute Gasteiger partial charge is 0.455 e. The predicted molar refractivity (Wildman–Crippen MR) is 147 cm³/mol. The Morgan fingerprint density at radius 2 is 1.72 bits per heavy atom. The first kappa shape index (κ1) is 25.8. The molecule has 1 fully saturated rings. The van der Waals surface area contributed by atoms with Crippen LogP contribution >= 0.6 is 0 Å². The molecule has 200 valence electrons. The highest BCUT2D eigenvalue weighted by atomic mass is 19.1. The van der Waals surface area contributed by atoms with Gasteiger partial charge in [-0.1, -0.05) is 0 Å². The molecule has 12 heteroatoms. The fourth-order valence-corrected chi connectivity index (χ4v) is 4.36. The number of aromatic nitrogens is 3. The molecule has 39 heavy (non-hydrogen) atoms. The highest BCUT2D eigenvalue weighted by Crippen LogP contribution is 2.32. The van der Waals surface area contributed by atoms with Crippen molar-refractivity contribution in [3.63, 3.8) is 0 Å². The lowest BCUT2D eigenvalue weighted by Crippen LogP contribution is -2.31. The van der Waals surface area contributed by atoms with Crippen molar-refractivity contribution in [3.8, 4) is 11.3 Å². The number of hydrazone groups is 1. The number of hydrogen-bond donors (Lipinski definition) is 2. The normalized spacial score (nSPS) is 13.6. The number of piperidine rings is 1. The van der Waals surface area contributed by atoms with Crippen LogP contribution in [0.3, 0.4) is 0 Å². The van der Waals surface area contributed by atoms with Gasteiger partial charge in [0, 0.05) is 36.0 Å². The maximum Gasteiger partial charge on any atom is 0.272 e. The molecule has 2 aromatic carbocycles. The van der Waals surface area contributed by atoms with Crippen molar-refractivity contribution in [1.29, 1.82) is 0 Å². The molecular weight excluding hydrogens is 503 g/mol. The fourth-order valence-electron chi connectivity index (χ4n) is 4.36. The third-order valence-corrected chi connectivity index (χ3v) is 6.57. The molecule has 0 spiro atoms. The predicted octanol–water partition coefficient (Wildman–Crippen LogP) is 5.98. The number of halogens is 1. The van der Waals surface area contributed by atoms with Crippen LogP contribution in [-0.2, 0) is 0 Å². The molecule has 0 saturated carbocycles. The smallest absolute Gasteiger partial charge is 0.272 e. The van der Waals surface area contributed by atoms with Crippen LogP contribution in [0, 0.1) is 29.8 Å². The van der Waals surface area contributed by atoms with Gasteiger partial charge in [-0.15, -0.1) is 0 Å². The minimum atomic E-state index is -0.392. The highest BCUT2D eigenvalue weighted by Gasteiger charge is 2.18. The summed E-state index contributed by atoms with van der Waals surface area (Å²) in [6, 6.07) is 12.6. The lowest BCUT2D eigenvalue weighted by atomic mass is 10.00. The lowest BCUT2D eigenvalue weighted by molar-refractivity contribution is -0.385. The summed E-state index contributed by atoms with van der Waals surface area (Å²) in [4.78, 5) is 26.4. The second kappa shape index (κ2) is 11.3. The summed E-state index contributed by atoms with van der Waals surface area (Å²) in [6.45, 7) is 5.24. The average Bonchev–Trinajstić information content (AvgIpc) is 3.40. The fraction of sp³-hybridized carbons (Fsp3) is 0.259. The van der Waals surface area contributed by atoms with Gasteiger partial charge in [-0.25, -0.2) is 9.82 Å². The molecule has 11 nitrogen and oxygen atoms in total. The molecule has 3 heterocycles. The van der Waals surface area contributed by atoms with Crippen molar-refractivity contribution in [2.45, 2.75) is 33.1 Å². The van der Waals surface area contributed by atoms with Crippen molar-refractivity contribution in [3.05, 3.63) is 81.3 Å². The van der Waals surface area contributed by atoms with Gasteiger partial charge in [0.1, 0.15) is 17.3 Å². The van der Waals surface area contributed by atoms with Crippen molar-refractivity contribution in [2.75, 3.05) is 28.7 Å². The van der Waals surface area contributed by atoms with Gasteiger partial charge in [0.15, 0.2) is 0 Å². The van der Waals surface area contributed by atoms with Gasteiger partial charge in [-0.2, -0.15) is 20.1 Å². The molecule has 1 aliphatic rings. The van der Waals surface area contributed by atoms with E-state index in [1.54, 1.807) is 37.3 Å². The number of furan rings is 1. The van der Waals surface area contributed by atoms with Gasteiger partial charge in [0.2, 0.25) is 17.8 Å². The van der Waals surface area contributed by atoms with Crippen LogP contribution in [0.15, 0.2) is 58.0 Å². The summed E-state index contributed by atoms with van der Waals surface area (Å²) < 4.78 is 19.2. The zero-order valence-corrected chi connectivity index (χ0v) is 21.5. The van der Waals surface area contributed by atoms with E-state index in [0.29, 0.717) is 34.7 Å². The Labute approximate surface area is 224 Å². The van der Waals surface area contributed by atoms with Crippen LogP contribution in [0.2, 0.25) is 0 Å². The molecule has 2 aromatic heterocycles. The number of benzene rings is 2. The molecule has 4 aromatic rings. The summed E-state index contributed by atoms with van der Waals surface area (Å²) in [7, 11) is 0. The molecule has 1 aliphatic heterocycles. The maximum atomic E-state index is 13.3. The van der Waals surface area contributed by atoms with Crippen LogP contribution < -0.4 is 15.6 Å². The first-order chi connectivity index (χ1) is 18.9. The third kappa shape index (κ3) is 6.00. The van der Waals surface area contributed by atoms with Gasteiger partial charge in [-0.3, -0.25) is 10.1 Å². The van der Waals surface area contributed by atoms with Crippen molar-refractivity contribution >= 4 is 35.4 Å². The van der Waals surface area contributed by atoms with Crippen LogP contribution in [0.1, 0.15) is 36.1 Å². The summed E-state index contributed by atoms with van der Waals surface area (Å²) in [5.41, 5.74) is 5.69. The van der Waals surface area contributed by atoms with Crippen LogP contribution in [0.4, 0.5) is 33.6 Å². The number of anilines is 4. The standard InChI is InChI=1S/C27H27FN8O3/c1-17-18(2)23(36(37)38)12-11-22(17)24-13-10-21(39-24)16-29-34-26-31-25(30-20-8-6-19(28)7-9-20)32-27(33-26)35-14-4-3-5-15-35/h6-13,16H,3-5,14-15H2,1-2H3,(H2,30,31,32,33,34)/b29-16+. The van der Waals surface area contributed by atoms with E-state index in [4.69, 9.17) is 4.42 Å². The number of rotatable bonds is 8. The molecule has 0 aliphatic carbocycles. The second-order valence-electron chi connectivity index (χ2n) is 9.17. The molecule has 0 radical (unpaired) electrons. The quantitative estimate of drug-likeness (QED) is 0.160. The van der Waals surface area contributed by atoms with Crippen molar-refractivity contribution in [1.82, 2.24) is 15.0 Å². The Balaban J connectivity index is 1.34. The molecule has 0 unspecified atom stereocenters. The second-order valence-corrected chi connectivity index (χ2v) is 9.17. The number of nitro groups is 1. The monoisotopic (exact) mass is 530 g/mol. The SMILES string of the molecule is Cc1c(-c2ccc(/C=N/Nc3nc(Nc4ccc(F)cc4)nc(N4CCCCC4)n3)o2)ccc([N+](=O)[O-])c1C. The van der Waals surface area contributed by atoms with E-state index in [1.807, 2.05) is 6.92 Å². The summed E-state index contributed by atoms with van der Waals surface area (Å²) in [6.07, 6.45) is 4.78. The van der Waals surface area contributed by atoms with E-state index >= 15 is 0 Å². The van der Waals surface area contributed by atoms with Gasteiger partial charge >= 0.3 is 0 Å². The van der Waals surface area contributed by atoms with Gasteiger partial charge in [-0.05, 0) is 81.1 Å². The van der Waals surface area contributed by atoms with E-state index in [0.717, 1.165) is 37.1 Å². The Morgan fingerprint density at radius 1 is 0.974 bits per heavy atom. The van der Waals surface area contributed by atoms with Gasteiger partial charge in [0.25, 0.3) is 5.69 Å². The molecule has 1 saturated heterocycles. The molecule has 0 bridgehead atoms. The zero-order valence-electron chi connectivity index (χ0n) is 21.5. The van der Waals surface area contributed by atoms with E-state index in [-0.39, 0.29) is 17.5 Å². The minimum absolute atomic E-state index is 0.0725. The topological polar surface area (TPSA) is 135 Å². The van der Waals surface area contributed by atoms with E-state index in [2.05, 4.69) is 35.7 Å². The Hall–Kier alpha value is -4.87. The van der Waals surface area contributed by atoms with Crippen LogP contribution in [0.25, 0.3) is 11.3 Å². The first-order valence-electron chi connectivity index (χ1n) is 12.5. The third-order valence-electron chi connectivity index (χ3n) is 6.57. The van der Waals surface area contributed by atoms with E-state index < -0.39 is 4.92 Å². The first-order valence-corrected chi connectivity index (χ1v) is 12.5. The summed E-state index contributed by atoms with van der Waals surface area (Å²) in [5, 5.41) is 18.5.